The summed E-state index contributed by atoms with van der Waals surface area (Å²) in [7, 11) is 0. The van der Waals surface area contributed by atoms with Crippen molar-refractivity contribution in [2.45, 2.75) is 20.3 Å². The van der Waals surface area contributed by atoms with Crippen LogP contribution in [0.3, 0.4) is 0 Å². The SMILES string of the molecule is Cc1cccc(OCC(=O)OCC(=O)N2CCc3ccccc32)c1C. The molecule has 3 rings (SSSR count). The van der Waals surface area contributed by atoms with Gasteiger partial charge in [0.1, 0.15) is 5.75 Å². The fraction of sp³-hybridized carbons (Fsp3) is 0.300. The number of carbonyl (C=O) groups is 2. The van der Waals surface area contributed by atoms with Crippen molar-refractivity contribution in [3.63, 3.8) is 0 Å². The Morgan fingerprint density at radius 2 is 1.84 bits per heavy atom. The summed E-state index contributed by atoms with van der Waals surface area (Å²) in [6.07, 6.45) is 0.825. The van der Waals surface area contributed by atoms with E-state index in [0.29, 0.717) is 12.3 Å². The van der Waals surface area contributed by atoms with E-state index in [1.54, 1.807) is 4.90 Å². The molecule has 0 unspecified atom stereocenters. The van der Waals surface area contributed by atoms with Crippen LogP contribution in [0, 0.1) is 13.8 Å². The van der Waals surface area contributed by atoms with Crippen LogP contribution < -0.4 is 9.64 Å². The van der Waals surface area contributed by atoms with E-state index >= 15 is 0 Å². The van der Waals surface area contributed by atoms with Crippen LogP contribution in [0.15, 0.2) is 42.5 Å². The van der Waals surface area contributed by atoms with Gasteiger partial charge in [-0.1, -0.05) is 30.3 Å². The van der Waals surface area contributed by atoms with Crippen LogP contribution in [0.2, 0.25) is 0 Å². The molecule has 0 spiro atoms. The number of nitrogens with zero attached hydrogens (tertiary/aromatic N) is 1. The van der Waals surface area contributed by atoms with Gasteiger partial charge in [-0.2, -0.15) is 0 Å². The van der Waals surface area contributed by atoms with Gasteiger partial charge in [0.05, 0.1) is 0 Å². The minimum Gasteiger partial charge on any atom is -0.482 e. The number of carbonyl (C=O) groups excluding carboxylic acids is 2. The summed E-state index contributed by atoms with van der Waals surface area (Å²) in [5.74, 6) is -0.122. The third-order valence-electron chi connectivity index (χ3n) is 4.45. The maximum Gasteiger partial charge on any atom is 0.344 e. The molecule has 0 saturated carbocycles. The normalized spacial score (nSPS) is 12.6. The molecule has 2 aromatic rings. The van der Waals surface area contributed by atoms with Crippen molar-refractivity contribution in [1.29, 1.82) is 0 Å². The first-order valence-corrected chi connectivity index (χ1v) is 8.29. The Kier molecular flexibility index (Phi) is 5.03. The van der Waals surface area contributed by atoms with E-state index in [0.717, 1.165) is 28.8 Å². The monoisotopic (exact) mass is 339 g/mol. The molecule has 0 aromatic heterocycles. The van der Waals surface area contributed by atoms with E-state index in [1.807, 2.05) is 56.3 Å². The van der Waals surface area contributed by atoms with Crippen molar-refractivity contribution < 1.29 is 19.1 Å². The lowest BCUT2D eigenvalue weighted by Crippen LogP contribution is -2.33. The van der Waals surface area contributed by atoms with Crippen LogP contribution in [0.1, 0.15) is 16.7 Å². The average Bonchev–Trinajstić information content (AvgIpc) is 3.05. The molecule has 0 fully saturated rings. The highest BCUT2D eigenvalue weighted by Gasteiger charge is 2.24. The Balaban J connectivity index is 1.49. The van der Waals surface area contributed by atoms with Crippen LogP contribution in [0.25, 0.3) is 0 Å². The van der Waals surface area contributed by atoms with Gasteiger partial charge >= 0.3 is 5.97 Å². The summed E-state index contributed by atoms with van der Waals surface area (Å²) in [6, 6.07) is 13.4. The van der Waals surface area contributed by atoms with Crippen LogP contribution >= 0.6 is 0 Å². The number of rotatable bonds is 5. The molecule has 0 aliphatic carbocycles. The number of hydrogen-bond acceptors (Lipinski definition) is 4. The predicted molar refractivity (Wildman–Crippen MR) is 94.9 cm³/mol. The maximum atomic E-state index is 12.3. The quantitative estimate of drug-likeness (QED) is 0.786. The number of benzene rings is 2. The zero-order chi connectivity index (χ0) is 17.8. The van der Waals surface area contributed by atoms with Crippen LogP contribution in [-0.2, 0) is 20.7 Å². The Hall–Kier alpha value is -2.82. The third kappa shape index (κ3) is 3.82. The third-order valence-corrected chi connectivity index (χ3v) is 4.45. The summed E-state index contributed by atoms with van der Waals surface area (Å²) in [5, 5.41) is 0. The molecule has 1 heterocycles. The van der Waals surface area contributed by atoms with E-state index in [4.69, 9.17) is 9.47 Å². The lowest BCUT2D eigenvalue weighted by Gasteiger charge is -2.17. The van der Waals surface area contributed by atoms with Crippen molar-refractivity contribution in [3.8, 4) is 5.75 Å². The average molecular weight is 339 g/mol. The summed E-state index contributed by atoms with van der Waals surface area (Å²) in [4.78, 5) is 25.8. The van der Waals surface area contributed by atoms with E-state index in [2.05, 4.69) is 0 Å². The molecule has 130 valence electrons. The van der Waals surface area contributed by atoms with Gasteiger partial charge in [0.2, 0.25) is 0 Å². The topological polar surface area (TPSA) is 55.8 Å². The number of ether oxygens (including phenoxy) is 2. The molecule has 2 aromatic carbocycles. The second kappa shape index (κ2) is 7.38. The largest absolute Gasteiger partial charge is 0.482 e. The highest BCUT2D eigenvalue weighted by atomic mass is 16.6. The predicted octanol–water partition coefficient (Wildman–Crippen LogP) is 2.81. The Morgan fingerprint density at radius 3 is 2.68 bits per heavy atom. The Labute approximate surface area is 147 Å². The van der Waals surface area contributed by atoms with Gasteiger partial charge in [0.15, 0.2) is 13.2 Å². The van der Waals surface area contributed by atoms with Gasteiger partial charge in [-0.3, -0.25) is 4.79 Å². The first-order valence-electron chi connectivity index (χ1n) is 8.29. The van der Waals surface area contributed by atoms with E-state index in [-0.39, 0.29) is 19.1 Å². The maximum absolute atomic E-state index is 12.3. The van der Waals surface area contributed by atoms with Gasteiger partial charge in [-0.05, 0) is 49.1 Å². The summed E-state index contributed by atoms with van der Waals surface area (Å²) >= 11 is 0. The number of aryl methyl sites for hydroxylation is 1. The second-order valence-corrected chi connectivity index (χ2v) is 6.07. The molecular weight excluding hydrogens is 318 g/mol. The number of fused-ring (bicyclic) bond motifs is 1. The molecule has 5 heteroatoms. The van der Waals surface area contributed by atoms with Crippen LogP contribution in [0.5, 0.6) is 5.75 Å². The minimum absolute atomic E-state index is 0.214. The molecular formula is C20H21NO4. The standard InChI is InChI=1S/C20H21NO4/c1-14-6-5-9-18(15(14)2)24-13-20(23)25-12-19(22)21-11-10-16-7-3-4-8-17(16)21/h3-9H,10-13H2,1-2H3. The Morgan fingerprint density at radius 1 is 1.04 bits per heavy atom. The lowest BCUT2D eigenvalue weighted by molar-refractivity contribution is -0.149. The van der Waals surface area contributed by atoms with Crippen molar-refractivity contribution in [3.05, 3.63) is 59.2 Å². The Bertz CT molecular complexity index is 800. The van der Waals surface area contributed by atoms with Crippen molar-refractivity contribution in [2.24, 2.45) is 0 Å². The van der Waals surface area contributed by atoms with Gasteiger partial charge in [0, 0.05) is 12.2 Å². The number of hydrogen-bond donors (Lipinski definition) is 0. The van der Waals surface area contributed by atoms with Gasteiger partial charge < -0.3 is 14.4 Å². The van der Waals surface area contributed by atoms with Crippen molar-refractivity contribution in [2.75, 3.05) is 24.7 Å². The number of anilines is 1. The van der Waals surface area contributed by atoms with E-state index in [9.17, 15) is 9.59 Å². The number of amides is 1. The molecule has 0 saturated heterocycles. The summed E-state index contributed by atoms with van der Waals surface area (Å²) < 4.78 is 10.6. The van der Waals surface area contributed by atoms with Gasteiger partial charge in [-0.25, -0.2) is 4.79 Å². The molecule has 0 N–H and O–H groups in total. The molecule has 0 atom stereocenters. The molecule has 1 aliphatic heterocycles. The number of para-hydroxylation sites is 1. The summed E-state index contributed by atoms with van der Waals surface area (Å²) in [6.45, 7) is 4.05. The highest BCUT2D eigenvalue weighted by Crippen LogP contribution is 2.27. The molecule has 25 heavy (non-hydrogen) atoms. The lowest BCUT2D eigenvalue weighted by atomic mass is 10.1. The highest BCUT2D eigenvalue weighted by molar-refractivity contribution is 5.97. The zero-order valence-corrected chi connectivity index (χ0v) is 14.5. The summed E-state index contributed by atoms with van der Waals surface area (Å²) in [5.41, 5.74) is 4.12. The first-order chi connectivity index (χ1) is 12.1. The number of esters is 1. The van der Waals surface area contributed by atoms with Crippen molar-refractivity contribution in [1.82, 2.24) is 0 Å². The first kappa shape index (κ1) is 17.0. The molecule has 0 radical (unpaired) electrons. The van der Waals surface area contributed by atoms with Gasteiger partial charge in [-0.15, -0.1) is 0 Å². The molecule has 1 aliphatic rings. The fourth-order valence-corrected chi connectivity index (χ4v) is 2.88. The van der Waals surface area contributed by atoms with Crippen molar-refractivity contribution >= 4 is 17.6 Å². The molecule has 5 nitrogen and oxygen atoms in total. The molecule has 0 bridgehead atoms. The van der Waals surface area contributed by atoms with Crippen LogP contribution in [-0.4, -0.2) is 31.6 Å². The minimum atomic E-state index is -0.554. The second-order valence-electron chi connectivity index (χ2n) is 6.07. The van der Waals surface area contributed by atoms with Crippen LogP contribution in [0.4, 0.5) is 5.69 Å². The van der Waals surface area contributed by atoms with E-state index in [1.165, 1.54) is 0 Å². The smallest absolute Gasteiger partial charge is 0.344 e. The zero-order valence-electron chi connectivity index (χ0n) is 14.5. The van der Waals surface area contributed by atoms with Gasteiger partial charge in [0.25, 0.3) is 5.91 Å². The fourth-order valence-electron chi connectivity index (χ4n) is 2.88. The van der Waals surface area contributed by atoms with E-state index < -0.39 is 5.97 Å². The molecule has 1 amide bonds.